The smallest absolute Gasteiger partial charge is 0.137 e. The van der Waals surface area contributed by atoms with Crippen LogP contribution in [0.2, 0.25) is 5.02 Å². The molecule has 2 aromatic carbocycles. The van der Waals surface area contributed by atoms with Crippen molar-refractivity contribution in [1.29, 1.82) is 0 Å². The van der Waals surface area contributed by atoms with E-state index in [2.05, 4.69) is 48.2 Å². The molecule has 3 heteroatoms. The molecule has 2 aromatic rings. The van der Waals surface area contributed by atoms with Gasteiger partial charge in [0, 0.05) is 25.6 Å². The summed E-state index contributed by atoms with van der Waals surface area (Å²) in [6, 6.07) is 15.1. The topological polar surface area (TPSA) is 12.5 Å². The first-order valence-electron chi connectivity index (χ1n) is 8.72. The van der Waals surface area contributed by atoms with E-state index in [0.29, 0.717) is 11.3 Å². The molecule has 0 spiro atoms. The highest BCUT2D eigenvalue weighted by atomic mass is 35.5. The molecule has 1 fully saturated rings. The van der Waals surface area contributed by atoms with Crippen LogP contribution in [-0.2, 0) is 13.0 Å². The number of hydrogen-bond acceptors (Lipinski definition) is 2. The Labute approximate surface area is 149 Å². The molecule has 0 aromatic heterocycles. The van der Waals surface area contributed by atoms with Crippen molar-refractivity contribution in [3.05, 3.63) is 64.2 Å². The zero-order chi connectivity index (χ0) is 16.7. The second-order valence-electron chi connectivity index (χ2n) is 7.51. The van der Waals surface area contributed by atoms with Crippen molar-refractivity contribution in [2.45, 2.75) is 32.2 Å². The molecule has 0 saturated carbocycles. The zero-order valence-electron chi connectivity index (χ0n) is 14.4. The van der Waals surface area contributed by atoms with Crippen LogP contribution in [-0.4, -0.2) is 25.1 Å². The number of nitrogens with zero attached hydrogens (tertiary/aromatic N) is 1. The molecule has 4 rings (SSSR count). The second kappa shape index (κ2) is 6.09. The van der Waals surface area contributed by atoms with Gasteiger partial charge in [-0.25, -0.2) is 0 Å². The van der Waals surface area contributed by atoms with Gasteiger partial charge in [0.1, 0.15) is 5.75 Å². The van der Waals surface area contributed by atoms with Crippen LogP contribution in [0.15, 0.2) is 42.5 Å². The number of hydrogen-bond donors (Lipinski definition) is 0. The molecule has 0 amide bonds. The van der Waals surface area contributed by atoms with Crippen LogP contribution in [0.5, 0.6) is 5.75 Å². The molecule has 2 nitrogen and oxygen atoms in total. The Hall–Kier alpha value is -1.51. The molecule has 1 heterocycles. The number of halogens is 1. The molecule has 0 N–H and O–H groups in total. The molecule has 24 heavy (non-hydrogen) atoms. The Morgan fingerprint density at radius 2 is 2.00 bits per heavy atom. The third-order valence-corrected chi connectivity index (χ3v) is 6.32. The van der Waals surface area contributed by atoms with Gasteiger partial charge in [-0.3, -0.25) is 4.90 Å². The summed E-state index contributed by atoms with van der Waals surface area (Å²) >= 11 is 6.59. The molecule has 126 valence electrons. The van der Waals surface area contributed by atoms with Crippen molar-refractivity contribution in [2.24, 2.45) is 5.41 Å². The first kappa shape index (κ1) is 16.0. The molecule has 0 unspecified atom stereocenters. The molecule has 1 saturated heterocycles. The molecule has 2 aliphatic rings. The quantitative estimate of drug-likeness (QED) is 0.787. The van der Waals surface area contributed by atoms with E-state index in [9.17, 15) is 0 Å². The fourth-order valence-electron chi connectivity index (χ4n) is 4.62. The summed E-state index contributed by atoms with van der Waals surface area (Å²) in [6.07, 6.45) is 2.25. The van der Waals surface area contributed by atoms with Crippen molar-refractivity contribution >= 4 is 11.6 Å². The van der Waals surface area contributed by atoms with Crippen LogP contribution >= 0.6 is 11.6 Å². The molecular weight excluding hydrogens is 318 g/mol. The third-order valence-electron chi connectivity index (χ3n) is 5.90. The monoisotopic (exact) mass is 341 g/mol. The molecule has 0 radical (unpaired) electrons. The molecule has 0 bridgehead atoms. The lowest BCUT2D eigenvalue weighted by Crippen LogP contribution is -2.30. The number of likely N-dealkylation sites (tertiary alicyclic amines) is 1. The SMILES string of the molecule is COc1ccc2c(c1Cl)CC[C@@]1(C)CN(Cc3ccccc3)C[C@@H]21. The summed E-state index contributed by atoms with van der Waals surface area (Å²) in [5, 5.41) is 0.818. The van der Waals surface area contributed by atoms with Crippen LogP contribution < -0.4 is 4.74 Å². The van der Waals surface area contributed by atoms with Crippen molar-refractivity contribution in [1.82, 2.24) is 4.90 Å². The normalized spacial score (nSPS) is 26.0. The van der Waals surface area contributed by atoms with Gasteiger partial charge in [0.05, 0.1) is 12.1 Å². The van der Waals surface area contributed by atoms with Gasteiger partial charge in [0.25, 0.3) is 0 Å². The summed E-state index contributed by atoms with van der Waals surface area (Å²) in [5.74, 6) is 1.37. The van der Waals surface area contributed by atoms with Crippen molar-refractivity contribution < 1.29 is 4.74 Å². The van der Waals surface area contributed by atoms with Gasteiger partial charge in [-0.15, -0.1) is 0 Å². The van der Waals surface area contributed by atoms with Crippen LogP contribution in [0.25, 0.3) is 0 Å². The van der Waals surface area contributed by atoms with E-state index < -0.39 is 0 Å². The minimum Gasteiger partial charge on any atom is -0.495 e. The van der Waals surface area contributed by atoms with Crippen LogP contribution in [0.4, 0.5) is 0 Å². The molecule has 1 aliphatic carbocycles. The van der Waals surface area contributed by atoms with E-state index in [1.165, 1.54) is 23.1 Å². The Balaban J connectivity index is 1.62. The molecule has 2 atom stereocenters. The third kappa shape index (κ3) is 2.62. The predicted octanol–water partition coefficient (Wildman–Crippen LogP) is 4.90. The molecule has 1 aliphatic heterocycles. The minimum absolute atomic E-state index is 0.347. The van der Waals surface area contributed by atoms with E-state index >= 15 is 0 Å². The maximum absolute atomic E-state index is 6.59. The van der Waals surface area contributed by atoms with Gasteiger partial charge in [0.2, 0.25) is 0 Å². The highest BCUT2D eigenvalue weighted by Crippen LogP contribution is 2.52. The maximum atomic E-state index is 6.59. The highest BCUT2D eigenvalue weighted by Gasteiger charge is 2.46. The van der Waals surface area contributed by atoms with E-state index in [1.807, 2.05) is 6.07 Å². The second-order valence-corrected chi connectivity index (χ2v) is 7.89. The lowest BCUT2D eigenvalue weighted by molar-refractivity contribution is 0.240. The van der Waals surface area contributed by atoms with Gasteiger partial charge in [-0.2, -0.15) is 0 Å². The number of rotatable bonds is 3. The first-order valence-corrected chi connectivity index (χ1v) is 9.10. The number of fused-ring (bicyclic) bond motifs is 3. The van der Waals surface area contributed by atoms with Gasteiger partial charge in [-0.1, -0.05) is 54.9 Å². The summed E-state index contributed by atoms with van der Waals surface area (Å²) in [5.41, 5.74) is 4.48. The average molecular weight is 342 g/mol. The lowest BCUT2D eigenvalue weighted by Gasteiger charge is -2.37. The summed E-state index contributed by atoms with van der Waals surface area (Å²) in [6.45, 7) is 5.76. The first-order chi connectivity index (χ1) is 11.6. The van der Waals surface area contributed by atoms with Crippen LogP contribution in [0.3, 0.4) is 0 Å². The fourth-order valence-corrected chi connectivity index (χ4v) is 4.96. The minimum atomic E-state index is 0.347. The van der Waals surface area contributed by atoms with E-state index in [1.54, 1.807) is 7.11 Å². The largest absolute Gasteiger partial charge is 0.495 e. The summed E-state index contributed by atoms with van der Waals surface area (Å²) in [7, 11) is 1.69. The number of methoxy groups -OCH3 is 1. The standard InChI is InChI=1S/C21H24ClNO/c1-21-11-10-17-16(8-9-19(24-2)20(17)22)18(21)13-23(14-21)12-15-6-4-3-5-7-15/h3-9,18H,10-14H2,1-2H3/t18-,21-/m0/s1. The summed E-state index contributed by atoms with van der Waals surface area (Å²) in [4.78, 5) is 2.60. The fraction of sp³-hybridized carbons (Fsp3) is 0.429. The van der Waals surface area contributed by atoms with Crippen LogP contribution in [0, 0.1) is 5.41 Å². The number of ether oxygens (including phenoxy) is 1. The van der Waals surface area contributed by atoms with E-state index in [4.69, 9.17) is 16.3 Å². The lowest BCUT2D eigenvalue weighted by atomic mass is 9.67. The van der Waals surface area contributed by atoms with E-state index in [-0.39, 0.29) is 0 Å². The van der Waals surface area contributed by atoms with E-state index in [0.717, 1.165) is 36.8 Å². The Morgan fingerprint density at radius 1 is 1.21 bits per heavy atom. The highest BCUT2D eigenvalue weighted by molar-refractivity contribution is 6.33. The van der Waals surface area contributed by atoms with Gasteiger partial charge < -0.3 is 4.74 Å². The Morgan fingerprint density at radius 3 is 2.75 bits per heavy atom. The summed E-state index contributed by atoms with van der Waals surface area (Å²) < 4.78 is 5.41. The van der Waals surface area contributed by atoms with Gasteiger partial charge in [-0.05, 0) is 41.0 Å². The van der Waals surface area contributed by atoms with Gasteiger partial charge in [0.15, 0.2) is 0 Å². The van der Waals surface area contributed by atoms with Gasteiger partial charge >= 0.3 is 0 Å². The van der Waals surface area contributed by atoms with Crippen molar-refractivity contribution in [2.75, 3.05) is 20.2 Å². The zero-order valence-corrected chi connectivity index (χ0v) is 15.1. The Bertz CT molecular complexity index is 745. The average Bonchev–Trinajstić information content (AvgIpc) is 2.92. The molecular formula is C21H24ClNO. The maximum Gasteiger partial charge on any atom is 0.137 e. The number of benzene rings is 2. The van der Waals surface area contributed by atoms with Crippen molar-refractivity contribution in [3.8, 4) is 5.75 Å². The predicted molar refractivity (Wildman–Crippen MR) is 98.9 cm³/mol. The van der Waals surface area contributed by atoms with Crippen LogP contribution in [0.1, 0.15) is 36.0 Å². The Kier molecular flexibility index (Phi) is 4.06. The van der Waals surface area contributed by atoms with Crippen molar-refractivity contribution in [3.63, 3.8) is 0 Å².